The van der Waals surface area contributed by atoms with Gasteiger partial charge in [-0.15, -0.1) is 0 Å². The summed E-state index contributed by atoms with van der Waals surface area (Å²) in [6.45, 7) is 3.17. The summed E-state index contributed by atoms with van der Waals surface area (Å²) in [6, 6.07) is 1.83. The summed E-state index contributed by atoms with van der Waals surface area (Å²) in [4.78, 5) is 10.6. The molecule has 0 heterocycles. The van der Waals surface area contributed by atoms with E-state index >= 15 is 0 Å². The molecule has 0 radical (unpaired) electrons. The highest BCUT2D eigenvalue weighted by molar-refractivity contribution is 5.75. The predicted octanol–water partition coefficient (Wildman–Crippen LogP) is 1.53. The molecule has 0 amide bonds. The molecule has 4 heteroatoms. The Labute approximate surface area is 81.4 Å². The van der Waals surface area contributed by atoms with Gasteiger partial charge < -0.3 is 10.8 Å². The van der Waals surface area contributed by atoms with E-state index in [0.29, 0.717) is 16.7 Å². The minimum absolute atomic E-state index is 0.314. The van der Waals surface area contributed by atoms with Crippen molar-refractivity contribution in [3.05, 3.63) is 34.6 Å². The summed E-state index contributed by atoms with van der Waals surface area (Å²) in [6.07, 6.45) is 0. The molecule has 0 saturated heterocycles. The zero-order valence-corrected chi connectivity index (χ0v) is 8.04. The van der Waals surface area contributed by atoms with Gasteiger partial charge in [0.2, 0.25) is 0 Å². The fourth-order valence-electron chi connectivity index (χ4n) is 1.30. The number of carbonyl (C=O) groups is 1. The second-order valence-electron chi connectivity index (χ2n) is 3.28. The summed E-state index contributed by atoms with van der Waals surface area (Å²) in [5.41, 5.74) is 6.66. The summed E-state index contributed by atoms with van der Waals surface area (Å²) in [7, 11) is 0. The number of nitrogens with two attached hydrogens (primary N) is 1. The number of carboxylic acids is 1. The van der Waals surface area contributed by atoms with E-state index in [4.69, 9.17) is 10.8 Å². The Kier molecular flexibility index (Phi) is 2.86. The maximum atomic E-state index is 13.2. The molecule has 0 saturated carbocycles. The van der Waals surface area contributed by atoms with Crippen molar-refractivity contribution < 1.29 is 14.3 Å². The van der Waals surface area contributed by atoms with Crippen molar-refractivity contribution >= 4 is 5.97 Å². The van der Waals surface area contributed by atoms with Crippen LogP contribution in [-0.4, -0.2) is 11.1 Å². The molecule has 0 bridgehead atoms. The van der Waals surface area contributed by atoms with Gasteiger partial charge in [-0.05, 0) is 30.5 Å². The highest BCUT2D eigenvalue weighted by Gasteiger charge is 2.16. The summed E-state index contributed by atoms with van der Waals surface area (Å²) in [5, 5.41) is 8.67. The van der Waals surface area contributed by atoms with Crippen molar-refractivity contribution in [2.24, 2.45) is 5.73 Å². The van der Waals surface area contributed by atoms with E-state index in [-0.39, 0.29) is 5.82 Å². The topological polar surface area (TPSA) is 63.3 Å². The smallest absolute Gasteiger partial charge is 0.325 e. The van der Waals surface area contributed by atoms with E-state index in [0.717, 1.165) is 0 Å². The van der Waals surface area contributed by atoms with Crippen LogP contribution in [0.5, 0.6) is 0 Å². The Bertz CT molecular complexity index is 353. The molecular formula is C10H12FNO2. The Morgan fingerprint density at radius 3 is 2.21 bits per heavy atom. The molecule has 0 aromatic heterocycles. The van der Waals surface area contributed by atoms with Gasteiger partial charge in [-0.3, -0.25) is 4.79 Å². The highest BCUT2D eigenvalue weighted by atomic mass is 19.1. The molecule has 0 aliphatic carbocycles. The first-order valence-corrected chi connectivity index (χ1v) is 4.18. The standard InChI is InChI=1S/C10H12FNO2/c1-5-3-7(9(12)10(13)14)4-6(2)8(5)11/h3-4,9H,12H2,1-2H3,(H,13,14). The quantitative estimate of drug-likeness (QED) is 0.755. The van der Waals surface area contributed by atoms with Crippen LogP contribution >= 0.6 is 0 Å². The van der Waals surface area contributed by atoms with Gasteiger partial charge in [-0.2, -0.15) is 0 Å². The lowest BCUT2D eigenvalue weighted by Crippen LogP contribution is -2.21. The second kappa shape index (κ2) is 3.75. The van der Waals surface area contributed by atoms with Gasteiger partial charge in [0.25, 0.3) is 0 Å². The van der Waals surface area contributed by atoms with Gasteiger partial charge >= 0.3 is 5.97 Å². The zero-order chi connectivity index (χ0) is 10.9. The summed E-state index contributed by atoms with van der Waals surface area (Å²) < 4.78 is 13.2. The first kappa shape index (κ1) is 10.7. The van der Waals surface area contributed by atoms with Crippen LogP contribution in [0.2, 0.25) is 0 Å². The van der Waals surface area contributed by atoms with Crippen LogP contribution in [0.15, 0.2) is 12.1 Å². The van der Waals surface area contributed by atoms with Crippen molar-refractivity contribution in [3.8, 4) is 0 Å². The molecule has 3 nitrogen and oxygen atoms in total. The van der Waals surface area contributed by atoms with E-state index < -0.39 is 12.0 Å². The maximum absolute atomic E-state index is 13.2. The normalized spacial score (nSPS) is 12.6. The number of rotatable bonds is 2. The molecule has 14 heavy (non-hydrogen) atoms. The van der Waals surface area contributed by atoms with Crippen molar-refractivity contribution in [3.63, 3.8) is 0 Å². The van der Waals surface area contributed by atoms with Gasteiger partial charge in [0.15, 0.2) is 0 Å². The molecular weight excluding hydrogens is 185 g/mol. The van der Waals surface area contributed by atoms with Crippen molar-refractivity contribution in [2.45, 2.75) is 19.9 Å². The van der Waals surface area contributed by atoms with Crippen LogP contribution in [0.25, 0.3) is 0 Å². The van der Waals surface area contributed by atoms with Crippen LogP contribution in [0, 0.1) is 19.7 Å². The average Bonchev–Trinajstić information content (AvgIpc) is 2.12. The number of aliphatic carboxylic acids is 1. The molecule has 1 rings (SSSR count). The summed E-state index contributed by atoms with van der Waals surface area (Å²) >= 11 is 0. The maximum Gasteiger partial charge on any atom is 0.325 e. The fraction of sp³-hybridized carbons (Fsp3) is 0.300. The number of halogens is 1. The lowest BCUT2D eigenvalue weighted by molar-refractivity contribution is -0.138. The Morgan fingerprint density at radius 2 is 1.86 bits per heavy atom. The molecule has 1 aromatic carbocycles. The first-order chi connectivity index (χ1) is 6.43. The summed E-state index contributed by atoms with van der Waals surface area (Å²) in [5.74, 6) is -1.43. The monoisotopic (exact) mass is 197 g/mol. The van der Waals surface area contributed by atoms with Gasteiger partial charge in [0.1, 0.15) is 11.9 Å². The number of benzene rings is 1. The van der Waals surface area contributed by atoms with E-state index in [9.17, 15) is 9.18 Å². The Balaban J connectivity index is 3.19. The number of carboxylic acid groups (broad SMARTS) is 1. The molecule has 3 N–H and O–H groups in total. The zero-order valence-electron chi connectivity index (χ0n) is 8.04. The molecule has 0 fully saturated rings. The van der Waals surface area contributed by atoms with Crippen molar-refractivity contribution in [1.82, 2.24) is 0 Å². The number of hydrogen-bond donors (Lipinski definition) is 2. The van der Waals surface area contributed by atoms with Crippen molar-refractivity contribution in [1.29, 1.82) is 0 Å². The minimum Gasteiger partial charge on any atom is -0.480 e. The van der Waals surface area contributed by atoms with E-state index in [1.165, 1.54) is 12.1 Å². The Morgan fingerprint density at radius 1 is 1.43 bits per heavy atom. The molecule has 1 aromatic rings. The largest absolute Gasteiger partial charge is 0.480 e. The molecule has 0 aliphatic rings. The van der Waals surface area contributed by atoms with Gasteiger partial charge in [-0.1, -0.05) is 12.1 Å². The van der Waals surface area contributed by atoms with E-state index in [1.54, 1.807) is 13.8 Å². The second-order valence-corrected chi connectivity index (χ2v) is 3.28. The van der Waals surface area contributed by atoms with Gasteiger partial charge in [-0.25, -0.2) is 4.39 Å². The van der Waals surface area contributed by atoms with Gasteiger partial charge in [0.05, 0.1) is 0 Å². The number of hydrogen-bond acceptors (Lipinski definition) is 2. The fourth-order valence-corrected chi connectivity index (χ4v) is 1.30. The molecule has 76 valence electrons. The molecule has 0 aliphatic heterocycles. The predicted molar refractivity (Wildman–Crippen MR) is 50.4 cm³/mol. The van der Waals surface area contributed by atoms with E-state index in [1.807, 2.05) is 0 Å². The lowest BCUT2D eigenvalue weighted by atomic mass is 10.0. The van der Waals surface area contributed by atoms with Crippen LogP contribution in [0.3, 0.4) is 0 Å². The van der Waals surface area contributed by atoms with E-state index in [2.05, 4.69) is 0 Å². The van der Waals surface area contributed by atoms with Crippen LogP contribution in [0.4, 0.5) is 4.39 Å². The third kappa shape index (κ3) is 1.90. The van der Waals surface area contributed by atoms with Crippen LogP contribution in [-0.2, 0) is 4.79 Å². The third-order valence-electron chi connectivity index (χ3n) is 2.08. The molecule has 1 atom stereocenters. The Hall–Kier alpha value is -1.42. The minimum atomic E-state index is -1.12. The molecule has 0 spiro atoms. The third-order valence-corrected chi connectivity index (χ3v) is 2.08. The number of aryl methyl sites for hydroxylation is 2. The highest BCUT2D eigenvalue weighted by Crippen LogP contribution is 2.18. The van der Waals surface area contributed by atoms with Crippen molar-refractivity contribution in [2.75, 3.05) is 0 Å². The van der Waals surface area contributed by atoms with Crippen LogP contribution in [0.1, 0.15) is 22.7 Å². The average molecular weight is 197 g/mol. The lowest BCUT2D eigenvalue weighted by Gasteiger charge is -2.10. The first-order valence-electron chi connectivity index (χ1n) is 4.18. The van der Waals surface area contributed by atoms with Gasteiger partial charge in [0, 0.05) is 0 Å². The SMILES string of the molecule is Cc1cc(C(N)C(=O)O)cc(C)c1F. The van der Waals surface area contributed by atoms with Crippen LogP contribution < -0.4 is 5.73 Å². The molecule has 1 unspecified atom stereocenters.